The number of halogens is 3. The molecular weight excluding hydrogens is 367 g/mol. The van der Waals surface area contributed by atoms with Crippen LogP contribution in [0.4, 0.5) is 24.8 Å². The molecule has 0 aliphatic heterocycles. The van der Waals surface area contributed by atoms with Crippen molar-refractivity contribution in [3.63, 3.8) is 0 Å². The second kappa shape index (κ2) is 9.26. The fraction of sp³-hybridized carbons (Fsp3) is 0.524. The summed E-state index contributed by atoms with van der Waals surface area (Å²) in [5.74, 6) is 0.273. The van der Waals surface area contributed by atoms with Crippen LogP contribution in [0.2, 0.25) is 0 Å². The van der Waals surface area contributed by atoms with Crippen molar-refractivity contribution < 1.29 is 17.9 Å². The smallest absolute Gasteiger partial charge is 0.423 e. The third-order valence-corrected chi connectivity index (χ3v) is 5.04. The van der Waals surface area contributed by atoms with Crippen molar-refractivity contribution >= 4 is 11.6 Å². The van der Waals surface area contributed by atoms with Crippen molar-refractivity contribution in [2.75, 3.05) is 11.9 Å². The summed E-state index contributed by atoms with van der Waals surface area (Å²) in [5.41, 5.74) is 1.08. The molecule has 0 bridgehead atoms. The Kier molecular flexibility index (Phi) is 6.75. The molecule has 0 amide bonds. The number of anilines is 2. The highest BCUT2D eigenvalue weighted by Crippen LogP contribution is 2.36. The van der Waals surface area contributed by atoms with E-state index in [1.54, 1.807) is 0 Å². The van der Waals surface area contributed by atoms with E-state index in [0.29, 0.717) is 12.3 Å². The Hall–Kier alpha value is -2.31. The molecule has 7 heteroatoms. The molecule has 1 fully saturated rings. The lowest BCUT2D eigenvalue weighted by atomic mass is 9.98. The predicted octanol–water partition coefficient (Wildman–Crippen LogP) is 6.47. The number of aromatic nitrogens is 2. The van der Waals surface area contributed by atoms with Crippen LogP contribution in [-0.2, 0) is 6.18 Å². The Labute approximate surface area is 163 Å². The van der Waals surface area contributed by atoms with Gasteiger partial charge in [-0.15, -0.1) is 0 Å². The van der Waals surface area contributed by atoms with E-state index in [1.165, 1.54) is 31.2 Å². The Morgan fingerprint density at radius 1 is 1.11 bits per heavy atom. The molecular formula is C21H26F3N3O. The largest absolute Gasteiger partial charge is 0.477 e. The van der Waals surface area contributed by atoms with Gasteiger partial charge in [0.05, 0.1) is 6.61 Å². The molecule has 4 nitrogen and oxygen atoms in total. The molecule has 1 N–H and O–H groups in total. The summed E-state index contributed by atoms with van der Waals surface area (Å²) in [6, 6.07) is 7.95. The zero-order valence-electron chi connectivity index (χ0n) is 16.1. The van der Waals surface area contributed by atoms with Crippen LogP contribution in [0.3, 0.4) is 0 Å². The Morgan fingerprint density at radius 2 is 1.82 bits per heavy atom. The minimum absolute atomic E-state index is 0.0899. The van der Waals surface area contributed by atoms with Gasteiger partial charge in [0, 0.05) is 11.9 Å². The summed E-state index contributed by atoms with van der Waals surface area (Å²) in [4.78, 5) is 7.79. The van der Waals surface area contributed by atoms with Gasteiger partial charge in [0.15, 0.2) is 0 Å². The SMILES string of the molecule is CCCCCOc1nc(Nc2ccc(C3CCCC3)cc2)ncc1C(F)(F)F. The maximum Gasteiger partial charge on any atom is 0.423 e. The molecule has 0 unspecified atom stereocenters. The topological polar surface area (TPSA) is 47.0 Å². The highest BCUT2D eigenvalue weighted by atomic mass is 19.4. The van der Waals surface area contributed by atoms with E-state index in [9.17, 15) is 13.2 Å². The van der Waals surface area contributed by atoms with Crippen molar-refractivity contribution in [2.24, 2.45) is 0 Å². The lowest BCUT2D eigenvalue weighted by molar-refractivity contribution is -0.139. The number of hydrogen-bond acceptors (Lipinski definition) is 4. The van der Waals surface area contributed by atoms with Crippen LogP contribution in [0.5, 0.6) is 5.88 Å². The third kappa shape index (κ3) is 5.36. The van der Waals surface area contributed by atoms with E-state index < -0.39 is 17.6 Å². The molecule has 0 saturated heterocycles. The average Bonchev–Trinajstić information content (AvgIpc) is 3.20. The minimum atomic E-state index is -4.55. The first-order valence-corrected chi connectivity index (χ1v) is 9.91. The van der Waals surface area contributed by atoms with Gasteiger partial charge < -0.3 is 10.1 Å². The van der Waals surface area contributed by atoms with Gasteiger partial charge >= 0.3 is 6.18 Å². The van der Waals surface area contributed by atoms with Crippen molar-refractivity contribution in [1.82, 2.24) is 9.97 Å². The summed E-state index contributed by atoms with van der Waals surface area (Å²) < 4.78 is 44.9. The first kappa shape index (κ1) is 20.4. The first-order valence-electron chi connectivity index (χ1n) is 9.91. The van der Waals surface area contributed by atoms with E-state index in [4.69, 9.17) is 4.74 Å². The second-order valence-corrected chi connectivity index (χ2v) is 7.19. The van der Waals surface area contributed by atoms with Gasteiger partial charge in [-0.2, -0.15) is 18.2 Å². The zero-order chi connectivity index (χ0) is 20.0. The Morgan fingerprint density at radius 3 is 2.46 bits per heavy atom. The monoisotopic (exact) mass is 393 g/mol. The lowest BCUT2D eigenvalue weighted by Gasteiger charge is -2.14. The van der Waals surface area contributed by atoms with Gasteiger partial charge in [-0.1, -0.05) is 44.7 Å². The Balaban J connectivity index is 1.72. The molecule has 1 aliphatic carbocycles. The fourth-order valence-corrected chi connectivity index (χ4v) is 3.48. The number of unbranched alkanes of at least 4 members (excludes halogenated alkanes) is 2. The maximum atomic E-state index is 13.2. The second-order valence-electron chi connectivity index (χ2n) is 7.19. The van der Waals surface area contributed by atoms with Crippen LogP contribution in [0.15, 0.2) is 30.5 Å². The van der Waals surface area contributed by atoms with Crippen molar-refractivity contribution in [2.45, 2.75) is 64.0 Å². The summed E-state index contributed by atoms with van der Waals surface area (Å²) in [5, 5.41) is 2.97. The van der Waals surface area contributed by atoms with Gasteiger partial charge in [-0.25, -0.2) is 4.98 Å². The van der Waals surface area contributed by atoms with E-state index in [1.807, 2.05) is 19.1 Å². The van der Waals surface area contributed by atoms with Crippen LogP contribution in [0, 0.1) is 0 Å². The molecule has 1 heterocycles. The third-order valence-electron chi connectivity index (χ3n) is 5.04. The van der Waals surface area contributed by atoms with Crippen molar-refractivity contribution in [1.29, 1.82) is 0 Å². The maximum absolute atomic E-state index is 13.2. The van der Waals surface area contributed by atoms with Crippen LogP contribution in [-0.4, -0.2) is 16.6 Å². The normalized spacial score (nSPS) is 15.0. The molecule has 1 aromatic carbocycles. The number of nitrogens with zero attached hydrogens (tertiary/aromatic N) is 2. The highest BCUT2D eigenvalue weighted by Gasteiger charge is 2.36. The summed E-state index contributed by atoms with van der Waals surface area (Å²) >= 11 is 0. The van der Waals surface area contributed by atoms with Crippen molar-refractivity contribution in [3.05, 3.63) is 41.6 Å². The standard InChI is InChI=1S/C21H26F3N3O/c1-2-3-6-13-28-19-18(21(22,23)24)14-25-20(27-19)26-17-11-9-16(10-12-17)15-7-4-5-8-15/h9-12,14-15H,2-8,13H2,1H3,(H,25,26,27). The van der Waals surface area contributed by atoms with Crippen LogP contribution in [0.1, 0.15) is 68.9 Å². The number of ether oxygens (including phenoxy) is 1. The number of alkyl halides is 3. The summed E-state index contributed by atoms with van der Waals surface area (Å²) in [7, 11) is 0. The Bertz CT molecular complexity index is 756. The predicted molar refractivity (Wildman–Crippen MR) is 103 cm³/mol. The highest BCUT2D eigenvalue weighted by molar-refractivity contribution is 5.54. The van der Waals surface area contributed by atoms with E-state index >= 15 is 0 Å². The van der Waals surface area contributed by atoms with Crippen LogP contribution in [0.25, 0.3) is 0 Å². The molecule has 1 aliphatic rings. The van der Waals surface area contributed by atoms with E-state index in [-0.39, 0.29) is 12.6 Å². The molecule has 28 heavy (non-hydrogen) atoms. The number of benzene rings is 1. The van der Waals surface area contributed by atoms with E-state index in [0.717, 1.165) is 24.7 Å². The fourth-order valence-electron chi connectivity index (χ4n) is 3.48. The van der Waals surface area contributed by atoms with Gasteiger partial charge in [0.2, 0.25) is 11.8 Å². The van der Waals surface area contributed by atoms with Crippen LogP contribution < -0.4 is 10.1 Å². The first-order chi connectivity index (χ1) is 13.5. The molecule has 1 aromatic heterocycles. The molecule has 2 aromatic rings. The molecule has 1 saturated carbocycles. The minimum Gasteiger partial charge on any atom is -0.477 e. The quantitative estimate of drug-likeness (QED) is 0.523. The molecule has 0 atom stereocenters. The van der Waals surface area contributed by atoms with Gasteiger partial charge in [-0.3, -0.25) is 0 Å². The number of hydrogen-bond donors (Lipinski definition) is 1. The van der Waals surface area contributed by atoms with Crippen molar-refractivity contribution in [3.8, 4) is 5.88 Å². The molecule has 0 radical (unpaired) electrons. The van der Waals surface area contributed by atoms with E-state index in [2.05, 4.69) is 27.4 Å². The van der Waals surface area contributed by atoms with Gasteiger partial charge in [0.25, 0.3) is 0 Å². The number of rotatable bonds is 8. The van der Waals surface area contributed by atoms with Gasteiger partial charge in [0.1, 0.15) is 5.56 Å². The summed E-state index contributed by atoms with van der Waals surface area (Å²) in [6.45, 7) is 2.22. The molecule has 3 rings (SSSR count). The molecule has 152 valence electrons. The number of nitrogens with one attached hydrogen (secondary N) is 1. The van der Waals surface area contributed by atoms with Crippen LogP contribution >= 0.6 is 0 Å². The summed E-state index contributed by atoms with van der Waals surface area (Å²) in [6.07, 6.45) is 3.73. The zero-order valence-corrected chi connectivity index (χ0v) is 16.1. The lowest BCUT2D eigenvalue weighted by Crippen LogP contribution is -2.13. The molecule has 0 spiro atoms. The average molecular weight is 393 g/mol. The van der Waals surface area contributed by atoms with Gasteiger partial charge in [-0.05, 0) is 42.9 Å².